The molecule has 0 atom stereocenters. The summed E-state index contributed by atoms with van der Waals surface area (Å²) in [6, 6.07) is 8.02. The molecule has 3 aromatic rings. The molecule has 282 valence electrons. The fourth-order valence-corrected chi connectivity index (χ4v) is 11.2. The van der Waals surface area contributed by atoms with E-state index < -0.39 is 34.8 Å². The van der Waals surface area contributed by atoms with Crippen molar-refractivity contribution in [3.63, 3.8) is 0 Å². The SMILES string of the molecule is CC1=C(C#N)C(=O)N(C)C(=O)/C1=C/c1nc2c(s1)-c1cc3c(cc1OC21CCCCC1)-c1sc(/C=C2/C(=O)N(C)C(=O)C(C#N)=C2C)nc1C1(CCCCC1)O3. The van der Waals surface area contributed by atoms with Gasteiger partial charge in [-0.2, -0.15) is 10.5 Å². The maximum atomic E-state index is 13.3. The molecule has 0 unspecified atom stereocenters. The van der Waals surface area contributed by atoms with Crippen molar-refractivity contribution in [2.24, 2.45) is 0 Å². The minimum atomic E-state index is -0.673. The molecular formula is C42H36N6O6S2. The average molecular weight is 785 g/mol. The molecule has 6 aliphatic rings. The number of nitriles is 2. The lowest BCUT2D eigenvalue weighted by molar-refractivity contribution is -0.140. The minimum absolute atomic E-state index is 0.0643. The van der Waals surface area contributed by atoms with Crippen LogP contribution in [-0.4, -0.2) is 57.5 Å². The monoisotopic (exact) mass is 784 g/mol. The lowest BCUT2D eigenvalue weighted by Gasteiger charge is -2.43. The highest BCUT2D eigenvalue weighted by atomic mass is 32.1. The number of ether oxygens (including phenoxy) is 2. The maximum Gasteiger partial charge on any atom is 0.271 e. The molecule has 6 heterocycles. The van der Waals surface area contributed by atoms with Gasteiger partial charge in [0, 0.05) is 36.4 Å². The lowest BCUT2D eigenvalue weighted by Crippen LogP contribution is -2.39. The number of benzene rings is 1. The summed E-state index contributed by atoms with van der Waals surface area (Å²) in [7, 11) is 2.76. The topological polar surface area (TPSA) is 167 Å². The molecule has 0 saturated heterocycles. The van der Waals surface area contributed by atoms with Gasteiger partial charge in [-0.15, -0.1) is 22.7 Å². The van der Waals surface area contributed by atoms with Gasteiger partial charge in [-0.25, -0.2) is 9.97 Å². The number of imide groups is 2. The van der Waals surface area contributed by atoms with Crippen molar-refractivity contribution in [3.05, 3.63) is 67.0 Å². The van der Waals surface area contributed by atoms with Crippen LogP contribution < -0.4 is 9.47 Å². The van der Waals surface area contributed by atoms with Gasteiger partial charge in [0.05, 0.1) is 9.75 Å². The van der Waals surface area contributed by atoms with Crippen LogP contribution in [0, 0.1) is 22.7 Å². The van der Waals surface area contributed by atoms with Crippen molar-refractivity contribution in [1.29, 1.82) is 10.5 Å². The number of hydrogen-bond donors (Lipinski definition) is 0. The number of carbonyl (C=O) groups excluding carboxylic acids is 4. The van der Waals surface area contributed by atoms with Gasteiger partial charge in [0.25, 0.3) is 23.6 Å². The van der Waals surface area contributed by atoms with Crippen molar-refractivity contribution in [1.82, 2.24) is 19.8 Å². The Morgan fingerprint density at radius 3 is 1.38 bits per heavy atom. The number of likely N-dealkylation sites (N-methyl/N-ethyl adjacent to an activating group) is 2. The lowest BCUT2D eigenvalue weighted by atomic mass is 9.78. The van der Waals surface area contributed by atoms with Crippen LogP contribution in [0.25, 0.3) is 33.0 Å². The number of nitrogens with zero attached hydrogens (tertiary/aromatic N) is 6. The number of thiazole rings is 2. The predicted octanol–water partition coefficient (Wildman–Crippen LogP) is 7.48. The first-order valence-corrected chi connectivity index (χ1v) is 20.4. The largest absolute Gasteiger partial charge is 0.480 e. The summed E-state index contributed by atoms with van der Waals surface area (Å²) in [5.41, 5.74) is 3.04. The molecule has 0 N–H and O–H groups in total. The second-order valence-corrected chi connectivity index (χ2v) is 17.4. The molecule has 4 aliphatic heterocycles. The molecule has 0 bridgehead atoms. The molecule has 2 aliphatic carbocycles. The van der Waals surface area contributed by atoms with E-state index in [1.54, 1.807) is 26.0 Å². The van der Waals surface area contributed by atoms with Gasteiger partial charge in [0.2, 0.25) is 0 Å². The quantitative estimate of drug-likeness (QED) is 0.188. The molecule has 0 radical (unpaired) electrons. The van der Waals surface area contributed by atoms with E-state index in [0.29, 0.717) is 32.7 Å². The standard InChI is InChI=1S/C42H36N6O6S2/c1-21-23(37(49)47(3)39(51)27(21)19-43)17-31-45-35-33(55-31)25-15-30-26(16-29(25)53-41(35)11-7-5-8-12-41)34-36(42(54-30)13-9-6-10-14-42)46-32(56-34)18-24-22(2)28(20-44)40(52)48(4)38(24)50/h15-18H,5-14H2,1-4H3/b23-17+,24-18+. The smallest absolute Gasteiger partial charge is 0.271 e. The summed E-state index contributed by atoms with van der Waals surface area (Å²) in [6.45, 7) is 3.24. The summed E-state index contributed by atoms with van der Waals surface area (Å²) in [5.74, 6) is -0.798. The zero-order valence-electron chi connectivity index (χ0n) is 31.3. The average Bonchev–Trinajstić information content (AvgIpc) is 3.84. The van der Waals surface area contributed by atoms with E-state index in [1.807, 2.05) is 24.3 Å². The van der Waals surface area contributed by atoms with Crippen LogP contribution in [0.5, 0.6) is 11.5 Å². The Morgan fingerprint density at radius 1 is 0.643 bits per heavy atom. The van der Waals surface area contributed by atoms with Crippen LogP contribution in [0.15, 0.2) is 45.6 Å². The molecule has 12 nitrogen and oxygen atoms in total. The highest BCUT2D eigenvalue weighted by molar-refractivity contribution is 7.16. The van der Waals surface area contributed by atoms with E-state index in [-0.39, 0.29) is 22.3 Å². The van der Waals surface area contributed by atoms with Crippen molar-refractivity contribution < 1.29 is 28.7 Å². The van der Waals surface area contributed by atoms with Gasteiger partial charge in [-0.1, -0.05) is 12.8 Å². The number of fused-ring (bicyclic) bond motifs is 8. The van der Waals surface area contributed by atoms with Gasteiger partial charge < -0.3 is 9.47 Å². The molecule has 2 fully saturated rings. The first-order chi connectivity index (χ1) is 26.9. The van der Waals surface area contributed by atoms with E-state index >= 15 is 0 Å². The number of hydrogen-bond acceptors (Lipinski definition) is 12. The Morgan fingerprint density at radius 2 is 1.02 bits per heavy atom. The van der Waals surface area contributed by atoms with Gasteiger partial charge in [0.1, 0.15) is 56.2 Å². The van der Waals surface area contributed by atoms with Crippen molar-refractivity contribution >= 4 is 58.5 Å². The number of rotatable bonds is 2. The van der Waals surface area contributed by atoms with Crippen LogP contribution in [0.3, 0.4) is 0 Å². The Balaban J connectivity index is 1.20. The molecule has 2 saturated carbocycles. The van der Waals surface area contributed by atoms with E-state index in [1.165, 1.54) is 36.8 Å². The summed E-state index contributed by atoms with van der Waals surface area (Å²) >= 11 is 2.91. The molecule has 2 aromatic heterocycles. The van der Waals surface area contributed by atoms with E-state index in [2.05, 4.69) is 0 Å². The third-order valence-electron chi connectivity index (χ3n) is 12.1. The molecule has 1 aromatic carbocycles. The summed E-state index contributed by atoms with van der Waals surface area (Å²) in [6.07, 6.45) is 12.5. The van der Waals surface area contributed by atoms with Crippen molar-refractivity contribution in [2.75, 3.05) is 14.1 Å². The van der Waals surface area contributed by atoms with Crippen LogP contribution in [0.1, 0.15) is 99.5 Å². The Labute approximate surface area is 331 Å². The highest BCUT2D eigenvalue weighted by Crippen LogP contribution is 2.59. The zero-order chi connectivity index (χ0) is 39.3. The maximum absolute atomic E-state index is 13.3. The van der Waals surface area contributed by atoms with E-state index in [9.17, 15) is 29.7 Å². The highest BCUT2D eigenvalue weighted by Gasteiger charge is 2.49. The van der Waals surface area contributed by atoms with E-state index in [4.69, 9.17) is 19.4 Å². The van der Waals surface area contributed by atoms with Crippen molar-refractivity contribution in [2.45, 2.75) is 89.3 Å². The fourth-order valence-electron chi connectivity index (χ4n) is 8.95. The molecule has 56 heavy (non-hydrogen) atoms. The molecular weight excluding hydrogens is 749 g/mol. The van der Waals surface area contributed by atoms with Gasteiger partial charge in [-0.3, -0.25) is 29.0 Å². The second kappa shape index (κ2) is 12.9. The summed E-state index contributed by atoms with van der Waals surface area (Å²) < 4.78 is 14.1. The minimum Gasteiger partial charge on any atom is -0.480 e. The zero-order valence-corrected chi connectivity index (χ0v) is 33.0. The number of amides is 4. The van der Waals surface area contributed by atoms with Gasteiger partial charge in [-0.05, 0) is 101 Å². The third kappa shape index (κ3) is 5.19. The summed E-state index contributed by atoms with van der Waals surface area (Å²) in [5, 5.41) is 20.6. The second-order valence-electron chi connectivity index (χ2n) is 15.3. The van der Waals surface area contributed by atoms with Crippen LogP contribution in [0.4, 0.5) is 0 Å². The normalized spacial score (nSPS) is 22.5. The first-order valence-electron chi connectivity index (χ1n) is 18.8. The van der Waals surface area contributed by atoms with Crippen LogP contribution in [0.2, 0.25) is 0 Å². The first kappa shape index (κ1) is 36.0. The Bertz CT molecular complexity index is 2390. The summed E-state index contributed by atoms with van der Waals surface area (Å²) in [4.78, 5) is 66.1. The molecule has 9 rings (SSSR count). The van der Waals surface area contributed by atoms with E-state index in [0.717, 1.165) is 106 Å². The predicted molar refractivity (Wildman–Crippen MR) is 208 cm³/mol. The van der Waals surface area contributed by atoms with Crippen LogP contribution >= 0.6 is 22.7 Å². The number of aromatic nitrogens is 2. The Kier molecular flexibility index (Phi) is 8.31. The fraction of sp³-hybridized carbons (Fsp3) is 0.381. The molecule has 4 amide bonds. The van der Waals surface area contributed by atoms with Gasteiger partial charge in [0.15, 0.2) is 11.2 Å². The van der Waals surface area contributed by atoms with Crippen molar-refractivity contribution in [3.8, 4) is 44.5 Å². The van der Waals surface area contributed by atoms with Crippen LogP contribution in [-0.2, 0) is 30.4 Å². The molecule has 2 spiro atoms. The Hall–Kier alpha value is -5.70. The number of carbonyl (C=O) groups is 4. The molecule has 14 heteroatoms. The third-order valence-corrected chi connectivity index (χ3v) is 14.2. The van der Waals surface area contributed by atoms with Gasteiger partial charge >= 0.3 is 0 Å².